The number of benzene rings is 1. The zero-order valence-corrected chi connectivity index (χ0v) is 17.6. The second kappa shape index (κ2) is 9.89. The van der Waals surface area contributed by atoms with Gasteiger partial charge in [-0.05, 0) is 49.9 Å². The summed E-state index contributed by atoms with van der Waals surface area (Å²) >= 11 is 1.50. The maximum atomic E-state index is 12.3. The first-order valence-electron chi connectivity index (χ1n) is 10.4. The molecule has 30 heavy (non-hydrogen) atoms. The molecule has 2 aliphatic rings. The van der Waals surface area contributed by atoms with E-state index >= 15 is 0 Å². The van der Waals surface area contributed by atoms with Crippen molar-refractivity contribution in [1.82, 2.24) is 10.3 Å². The normalized spacial score (nSPS) is 20.8. The zero-order valence-electron chi connectivity index (χ0n) is 16.8. The second-order valence-electron chi connectivity index (χ2n) is 7.56. The number of aromatic nitrogens is 1. The van der Waals surface area contributed by atoms with Crippen molar-refractivity contribution >= 4 is 34.2 Å². The van der Waals surface area contributed by atoms with Crippen molar-refractivity contribution in [3.05, 3.63) is 54.4 Å². The van der Waals surface area contributed by atoms with Crippen LogP contribution in [-0.2, 0) is 4.79 Å². The van der Waals surface area contributed by atoms with Gasteiger partial charge < -0.3 is 10.1 Å². The molecule has 2 aromatic rings. The Labute approximate surface area is 180 Å². The smallest absolute Gasteiger partial charge is 0.221 e. The summed E-state index contributed by atoms with van der Waals surface area (Å²) in [5, 5.41) is 3.93. The van der Waals surface area contributed by atoms with Crippen molar-refractivity contribution in [3.8, 4) is 5.75 Å². The van der Waals surface area contributed by atoms with E-state index in [0.29, 0.717) is 24.2 Å². The number of hydrogen-bond donors (Lipinski definition) is 1. The average Bonchev–Trinajstić information content (AvgIpc) is 2.76. The maximum Gasteiger partial charge on any atom is 0.221 e. The summed E-state index contributed by atoms with van der Waals surface area (Å²) in [5.74, 6) is 1.63. The molecule has 1 saturated carbocycles. The van der Waals surface area contributed by atoms with Crippen LogP contribution in [0.1, 0.15) is 48.9 Å². The van der Waals surface area contributed by atoms with Crippen molar-refractivity contribution in [2.45, 2.75) is 50.7 Å². The number of Topliss-reactive ketones (excluding diaryl/α,β-unsaturated/α-hetero) is 1. The minimum Gasteiger partial charge on any atom is -0.490 e. The molecule has 4 rings (SSSR count). The number of nitrogens with one attached hydrogen (secondary N) is 1. The molecule has 1 aliphatic carbocycles. The Morgan fingerprint density at radius 1 is 1.10 bits per heavy atom. The molecule has 1 aliphatic heterocycles. The van der Waals surface area contributed by atoms with E-state index in [9.17, 15) is 9.59 Å². The molecule has 1 amide bonds. The van der Waals surface area contributed by atoms with Gasteiger partial charge in [0.2, 0.25) is 5.91 Å². The molecule has 6 nitrogen and oxygen atoms in total. The Balaban J connectivity index is 1.17. The molecule has 0 unspecified atom stereocenters. The summed E-state index contributed by atoms with van der Waals surface area (Å²) < 4.78 is 5.98. The molecule has 0 spiro atoms. The zero-order chi connectivity index (χ0) is 20.8. The number of pyridine rings is 1. The van der Waals surface area contributed by atoms with Gasteiger partial charge in [0.15, 0.2) is 5.78 Å². The monoisotopic (exact) mass is 423 g/mol. The predicted molar refractivity (Wildman–Crippen MR) is 119 cm³/mol. The van der Waals surface area contributed by atoms with Crippen LogP contribution in [0.15, 0.2) is 53.8 Å². The number of carbonyl (C=O) groups excluding carboxylic acids is 2. The van der Waals surface area contributed by atoms with Gasteiger partial charge in [0, 0.05) is 36.2 Å². The first-order valence-corrected chi connectivity index (χ1v) is 11.3. The maximum absolute atomic E-state index is 12.3. The third-order valence-electron chi connectivity index (χ3n) is 5.35. The lowest BCUT2D eigenvalue weighted by Gasteiger charge is -2.29. The number of hydrogen-bond acceptors (Lipinski definition) is 6. The van der Waals surface area contributed by atoms with Gasteiger partial charge in [-0.1, -0.05) is 12.1 Å². The second-order valence-corrected chi connectivity index (χ2v) is 8.73. The van der Waals surface area contributed by atoms with Crippen LogP contribution in [0.4, 0.5) is 5.69 Å². The van der Waals surface area contributed by atoms with E-state index in [1.54, 1.807) is 12.4 Å². The molecule has 0 saturated heterocycles. The summed E-state index contributed by atoms with van der Waals surface area (Å²) in [7, 11) is 0. The summed E-state index contributed by atoms with van der Waals surface area (Å²) in [6.07, 6.45) is 8.11. The largest absolute Gasteiger partial charge is 0.490 e. The molecule has 1 N–H and O–H groups in total. The Bertz CT molecular complexity index is 924. The molecule has 7 heteroatoms. The predicted octanol–water partition coefficient (Wildman–Crippen LogP) is 4.33. The first kappa shape index (κ1) is 20.6. The number of ketones is 1. The average molecular weight is 424 g/mol. The van der Waals surface area contributed by atoms with Crippen LogP contribution in [0, 0.1) is 0 Å². The van der Waals surface area contributed by atoms with E-state index < -0.39 is 0 Å². The van der Waals surface area contributed by atoms with Crippen molar-refractivity contribution in [2.75, 3.05) is 5.75 Å². The SMILES string of the molecule is O=C(CCSC1=Nc2ccccc2C(=O)C1)NC1CCC(Oc2ccncc2)CC1. The Morgan fingerprint density at radius 2 is 1.87 bits per heavy atom. The van der Waals surface area contributed by atoms with Gasteiger partial charge >= 0.3 is 0 Å². The molecule has 0 atom stereocenters. The number of aliphatic imine (C=N–C) groups is 1. The lowest BCUT2D eigenvalue weighted by Crippen LogP contribution is -2.39. The van der Waals surface area contributed by atoms with Crippen LogP contribution in [0.5, 0.6) is 5.75 Å². The Hall–Kier alpha value is -2.67. The van der Waals surface area contributed by atoms with Gasteiger partial charge in [-0.15, -0.1) is 11.8 Å². The molecule has 0 radical (unpaired) electrons. The molecular weight excluding hydrogens is 398 g/mol. The molecule has 1 aromatic heterocycles. The number of ether oxygens (including phenoxy) is 1. The summed E-state index contributed by atoms with van der Waals surface area (Å²) in [5.41, 5.74) is 1.41. The molecule has 1 fully saturated rings. The van der Waals surface area contributed by atoms with Crippen LogP contribution < -0.4 is 10.1 Å². The molecule has 0 bridgehead atoms. The lowest BCUT2D eigenvalue weighted by atomic mass is 9.93. The Morgan fingerprint density at radius 3 is 2.67 bits per heavy atom. The number of rotatable bonds is 6. The highest BCUT2D eigenvalue weighted by atomic mass is 32.2. The van der Waals surface area contributed by atoms with E-state index in [1.165, 1.54) is 11.8 Å². The number of fused-ring (bicyclic) bond motifs is 1. The van der Waals surface area contributed by atoms with Gasteiger partial charge in [0.05, 0.1) is 23.3 Å². The number of amides is 1. The van der Waals surface area contributed by atoms with E-state index in [1.807, 2.05) is 36.4 Å². The fourth-order valence-corrected chi connectivity index (χ4v) is 4.71. The van der Waals surface area contributed by atoms with Crippen LogP contribution in [0.2, 0.25) is 0 Å². The Kier molecular flexibility index (Phi) is 6.79. The molecule has 156 valence electrons. The highest BCUT2D eigenvalue weighted by Crippen LogP contribution is 2.29. The van der Waals surface area contributed by atoms with Crippen LogP contribution in [0.25, 0.3) is 0 Å². The minimum absolute atomic E-state index is 0.0594. The van der Waals surface area contributed by atoms with E-state index in [4.69, 9.17) is 4.74 Å². The third kappa shape index (κ3) is 5.48. The van der Waals surface area contributed by atoms with Gasteiger partial charge in [-0.25, -0.2) is 4.99 Å². The van der Waals surface area contributed by atoms with Gasteiger partial charge in [0.25, 0.3) is 0 Å². The van der Waals surface area contributed by atoms with Gasteiger partial charge in [-0.2, -0.15) is 0 Å². The number of carbonyl (C=O) groups is 2. The van der Waals surface area contributed by atoms with Crippen molar-refractivity contribution in [1.29, 1.82) is 0 Å². The topological polar surface area (TPSA) is 80.7 Å². The van der Waals surface area contributed by atoms with Crippen molar-refractivity contribution in [3.63, 3.8) is 0 Å². The highest BCUT2D eigenvalue weighted by Gasteiger charge is 2.24. The third-order valence-corrected chi connectivity index (χ3v) is 6.33. The fourth-order valence-electron chi connectivity index (χ4n) is 3.79. The van der Waals surface area contributed by atoms with E-state index in [2.05, 4.69) is 15.3 Å². The van der Waals surface area contributed by atoms with Crippen molar-refractivity contribution < 1.29 is 14.3 Å². The van der Waals surface area contributed by atoms with Gasteiger partial charge in [-0.3, -0.25) is 14.6 Å². The van der Waals surface area contributed by atoms with Crippen LogP contribution in [-0.4, -0.2) is 39.6 Å². The summed E-state index contributed by atoms with van der Waals surface area (Å²) in [4.78, 5) is 33.1. The fraction of sp³-hybridized carbons (Fsp3) is 0.391. The van der Waals surface area contributed by atoms with Crippen LogP contribution >= 0.6 is 11.8 Å². The first-order chi connectivity index (χ1) is 14.7. The number of thioether (sulfide) groups is 1. The minimum atomic E-state index is 0.0594. The van der Waals surface area contributed by atoms with Gasteiger partial charge in [0.1, 0.15) is 5.75 Å². The molecule has 1 aromatic carbocycles. The van der Waals surface area contributed by atoms with Crippen molar-refractivity contribution in [2.24, 2.45) is 4.99 Å². The van der Waals surface area contributed by atoms with Crippen LogP contribution in [0.3, 0.4) is 0 Å². The number of para-hydroxylation sites is 1. The van der Waals surface area contributed by atoms with E-state index in [0.717, 1.165) is 42.2 Å². The lowest BCUT2D eigenvalue weighted by molar-refractivity contribution is -0.121. The standard InChI is InChI=1S/C23H25N3O3S/c27-21-15-23(26-20-4-2-1-3-19(20)21)30-14-11-22(28)25-16-5-7-17(8-6-16)29-18-9-12-24-13-10-18/h1-4,9-10,12-13,16-17H,5-8,11,14-15H2,(H,25,28). The molecular formula is C23H25N3O3S. The quantitative estimate of drug-likeness (QED) is 0.748. The number of nitrogens with zero attached hydrogens (tertiary/aromatic N) is 2. The summed E-state index contributed by atoms with van der Waals surface area (Å²) in [6, 6.07) is 11.4. The molecule has 2 heterocycles. The van der Waals surface area contributed by atoms with E-state index in [-0.39, 0.29) is 23.8 Å². The summed E-state index contributed by atoms with van der Waals surface area (Å²) in [6.45, 7) is 0. The highest BCUT2D eigenvalue weighted by molar-refractivity contribution is 8.14.